The SMILES string of the molecule is O=C1NC(c2ccccc2)c2cc(Br)ccc2O1. The molecule has 0 radical (unpaired) electrons. The van der Waals surface area contributed by atoms with E-state index in [2.05, 4.69) is 21.2 Å². The van der Waals surface area contributed by atoms with Crippen molar-refractivity contribution in [3.8, 4) is 5.75 Å². The van der Waals surface area contributed by atoms with E-state index in [0.717, 1.165) is 15.6 Å². The van der Waals surface area contributed by atoms with Gasteiger partial charge in [0.1, 0.15) is 5.75 Å². The number of amides is 1. The first kappa shape index (κ1) is 11.3. The Balaban J connectivity index is 2.12. The van der Waals surface area contributed by atoms with E-state index >= 15 is 0 Å². The van der Waals surface area contributed by atoms with Crippen LogP contribution in [0.4, 0.5) is 4.79 Å². The molecule has 3 rings (SSSR count). The third-order valence-corrected chi connectivity index (χ3v) is 3.37. The van der Waals surface area contributed by atoms with Crippen LogP contribution in [-0.4, -0.2) is 6.09 Å². The van der Waals surface area contributed by atoms with Crippen molar-refractivity contribution >= 4 is 22.0 Å². The number of benzene rings is 2. The molecule has 0 aromatic heterocycles. The van der Waals surface area contributed by atoms with Crippen molar-refractivity contribution in [3.63, 3.8) is 0 Å². The van der Waals surface area contributed by atoms with E-state index in [1.54, 1.807) is 6.07 Å². The van der Waals surface area contributed by atoms with Crippen LogP contribution >= 0.6 is 15.9 Å². The van der Waals surface area contributed by atoms with Crippen LogP contribution < -0.4 is 10.1 Å². The van der Waals surface area contributed by atoms with Crippen molar-refractivity contribution in [2.24, 2.45) is 0 Å². The molecule has 18 heavy (non-hydrogen) atoms. The highest BCUT2D eigenvalue weighted by Gasteiger charge is 2.27. The second-order valence-electron chi connectivity index (χ2n) is 4.06. The average molecular weight is 304 g/mol. The zero-order chi connectivity index (χ0) is 12.5. The molecule has 0 fully saturated rings. The molecule has 1 N–H and O–H groups in total. The molecule has 2 aromatic carbocycles. The van der Waals surface area contributed by atoms with E-state index in [1.165, 1.54) is 0 Å². The summed E-state index contributed by atoms with van der Waals surface area (Å²) in [5, 5.41) is 2.83. The highest BCUT2D eigenvalue weighted by molar-refractivity contribution is 9.10. The van der Waals surface area contributed by atoms with Gasteiger partial charge in [0.2, 0.25) is 0 Å². The fourth-order valence-corrected chi connectivity index (χ4v) is 2.45. The topological polar surface area (TPSA) is 38.3 Å². The first-order valence-electron chi connectivity index (χ1n) is 5.57. The molecule has 0 bridgehead atoms. The summed E-state index contributed by atoms with van der Waals surface area (Å²) in [6, 6.07) is 15.3. The Labute approximate surface area is 113 Å². The number of halogens is 1. The molecule has 1 aliphatic rings. The Kier molecular flexibility index (Phi) is 2.80. The van der Waals surface area contributed by atoms with Gasteiger partial charge in [0.25, 0.3) is 0 Å². The summed E-state index contributed by atoms with van der Waals surface area (Å²) in [7, 11) is 0. The van der Waals surface area contributed by atoms with E-state index in [4.69, 9.17) is 4.74 Å². The van der Waals surface area contributed by atoms with Crippen LogP contribution in [0.3, 0.4) is 0 Å². The number of carbonyl (C=O) groups excluding carboxylic acids is 1. The molecule has 4 heteroatoms. The minimum absolute atomic E-state index is 0.167. The summed E-state index contributed by atoms with van der Waals surface area (Å²) < 4.78 is 6.13. The van der Waals surface area contributed by atoms with Crippen molar-refractivity contribution in [1.82, 2.24) is 5.32 Å². The van der Waals surface area contributed by atoms with Gasteiger partial charge in [0.15, 0.2) is 0 Å². The molecule has 1 aliphatic heterocycles. The summed E-state index contributed by atoms with van der Waals surface area (Å²) in [5.41, 5.74) is 1.99. The van der Waals surface area contributed by atoms with Crippen LogP contribution in [0.5, 0.6) is 5.75 Å². The number of hydrogen-bond donors (Lipinski definition) is 1. The van der Waals surface area contributed by atoms with Crippen molar-refractivity contribution in [2.75, 3.05) is 0 Å². The molecule has 1 unspecified atom stereocenters. The molecular formula is C14H10BrNO2. The van der Waals surface area contributed by atoms with Crippen molar-refractivity contribution in [2.45, 2.75) is 6.04 Å². The van der Waals surface area contributed by atoms with Gasteiger partial charge in [-0.15, -0.1) is 0 Å². The van der Waals surface area contributed by atoms with Crippen molar-refractivity contribution in [3.05, 3.63) is 64.1 Å². The minimum Gasteiger partial charge on any atom is -0.410 e. The molecular weight excluding hydrogens is 294 g/mol. The van der Waals surface area contributed by atoms with Gasteiger partial charge in [0, 0.05) is 10.0 Å². The van der Waals surface area contributed by atoms with Gasteiger partial charge in [-0.2, -0.15) is 0 Å². The van der Waals surface area contributed by atoms with Crippen LogP contribution in [0.2, 0.25) is 0 Å². The lowest BCUT2D eigenvalue weighted by atomic mass is 9.97. The van der Waals surface area contributed by atoms with E-state index in [-0.39, 0.29) is 6.04 Å². The minimum atomic E-state index is -0.418. The molecule has 0 saturated carbocycles. The van der Waals surface area contributed by atoms with E-state index in [1.807, 2.05) is 42.5 Å². The summed E-state index contributed by atoms with van der Waals surface area (Å²) >= 11 is 3.44. The number of fused-ring (bicyclic) bond motifs is 1. The lowest BCUT2D eigenvalue weighted by Crippen LogP contribution is -2.36. The standard InChI is InChI=1S/C14H10BrNO2/c15-10-6-7-12-11(8-10)13(16-14(17)18-12)9-4-2-1-3-5-9/h1-8,13H,(H,16,17). The normalized spacial score (nSPS) is 17.6. The van der Waals surface area contributed by atoms with Crippen LogP contribution in [-0.2, 0) is 0 Å². The Hall–Kier alpha value is -1.81. The van der Waals surface area contributed by atoms with Gasteiger partial charge in [-0.1, -0.05) is 46.3 Å². The molecule has 3 nitrogen and oxygen atoms in total. The lowest BCUT2D eigenvalue weighted by molar-refractivity contribution is 0.191. The van der Waals surface area contributed by atoms with E-state index in [9.17, 15) is 4.79 Å². The fourth-order valence-electron chi connectivity index (χ4n) is 2.07. The zero-order valence-corrected chi connectivity index (χ0v) is 11.0. The maximum atomic E-state index is 11.5. The third kappa shape index (κ3) is 1.99. The molecule has 0 aliphatic carbocycles. The smallest absolute Gasteiger partial charge is 0.410 e. The number of rotatable bonds is 1. The van der Waals surface area contributed by atoms with Gasteiger partial charge in [-0.05, 0) is 23.8 Å². The summed E-state index contributed by atoms with van der Waals surface area (Å²) in [6.45, 7) is 0. The van der Waals surface area contributed by atoms with E-state index in [0.29, 0.717) is 5.75 Å². The van der Waals surface area contributed by atoms with Gasteiger partial charge >= 0.3 is 6.09 Å². The molecule has 2 aromatic rings. The summed E-state index contributed by atoms with van der Waals surface area (Å²) in [5.74, 6) is 0.607. The van der Waals surface area contributed by atoms with Crippen LogP contribution in [0, 0.1) is 0 Å². The maximum Gasteiger partial charge on any atom is 0.413 e. The third-order valence-electron chi connectivity index (χ3n) is 2.88. The Morgan fingerprint density at radius 3 is 2.67 bits per heavy atom. The second-order valence-corrected chi connectivity index (χ2v) is 4.98. The van der Waals surface area contributed by atoms with Crippen LogP contribution in [0.25, 0.3) is 0 Å². The van der Waals surface area contributed by atoms with Crippen molar-refractivity contribution < 1.29 is 9.53 Å². The monoisotopic (exact) mass is 303 g/mol. The Morgan fingerprint density at radius 1 is 1.11 bits per heavy atom. The molecule has 1 atom stereocenters. The summed E-state index contributed by atoms with van der Waals surface area (Å²) in [6.07, 6.45) is -0.418. The number of carbonyl (C=O) groups is 1. The molecule has 0 saturated heterocycles. The molecule has 1 heterocycles. The first-order chi connectivity index (χ1) is 8.74. The average Bonchev–Trinajstić information content (AvgIpc) is 2.39. The highest BCUT2D eigenvalue weighted by atomic mass is 79.9. The molecule has 1 amide bonds. The largest absolute Gasteiger partial charge is 0.413 e. The van der Waals surface area contributed by atoms with Crippen molar-refractivity contribution in [1.29, 1.82) is 0 Å². The fraction of sp³-hybridized carbons (Fsp3) is 0.0714. The van der Waals surface area contributed by atoms with E-state index < -0.39 is 6.09 Å². The molecule has 0 spiro atoms. The van der Waals surface area contributed by atoms with Crippen LogP contribution in [0.15, 0.2) is 53.0 Å². The summed E-state index contributed by atoms with van der Waals surface area (Å²) in [4.78, 5) is 11.5. The predicted octanol–water partition coefficient (Wildman–Crippen LogP) is 3.64. The highest BCUT2D eigenvalue weighted by Crippen LogP contribution is 2.35. The Bertz CT molecular complexity index is 598. The van der Waals surface area contributed by atoms with Gasteiger partial charge < -0.3 is 10.1 Å². The quantitative estimate of drug-likeness (QED) is 0.873. The Morgan fingerprint density at radius 2 is 1.89 bits per heavy atom. The van der Waals surface area contributed by atoms with Gasteiger partial charge in [-0.25, -0.2) is 4.79 Å². The lowest BCUT2D eigenvalue weighted by Gasteiger charge is -2.26. The first-order valence-corrected chi connectivity index (χ1v) is 6.36. The zero-order valence-electron chi connectivity index (χ0n) is 9.39. The molecule has 90 valence electrons. The second kappa shape index (κ2) is 4.46. The van der Waals surface area contributed by atoms with Gasteiger partial charge in [0.05, 0.1) is 6.04 Å². The number of ether oxygens (including phenoxy) is 1. The maximum absolute atomic E-state index is 11.5. The van der Waals surface area contributed by atoms with Crippen LogP contribution in [0.1, 0.15) is 17.2 Å². The number of hydrogen-bond acceptors (Lipinski definition) is 2. The number of nitrogens with one attached hydrogen (secondary N) is 1. The van der Waals surface area contributed by atoms with Gasteiger partial charge in [-0.3, -0.25) is 0 Å². The predicted molar refractivity (Wildman–Crippen MR) is 71.6 cm³/mol.